The smallest absolute Gasteiger partial charge is 0.335 e. The maximum absolute atomic E-state index is 11.6. The van der Waals surface area contributed by atoms with Crippen LogP contribution in [-0.4, -0.2) is 48.3 Å². The van der Waals surface area contributed by atoms with E-state index >= 15 is 0 Å². The van der Waals surface area contributed by atoms with Crippen LogP contribution in [0.1, 0.15) is 13.3 Å². The third kappa shape index (κ3) is 2.27. The van der Waals surface area contributed by atoms with Crippen molar-refractivity contribution in [2.45, 2.75) is 13.3 Å². The van der Waals surface area contributed by atoms with Gasteiger partial charge in [-0.05, 0) is 6.42 Å². The summed E-state index contributed by atoms with van der Waals surface area (Å²) in [6.45, 7) is 1.34. The Balaban J connectivity index is 6.07. The van der Waals surface area contributed by atoms with E-state index in [-0.39, 0.29) is 6.42 Å². The maximum atomic E-state index is 11.6. The lowest BCUT2D eigenvalue weighted by molar-refractivity contribution is -0.188. The minimum atomic E-state index is -2.90. The van der Waals surface area contributed by atoms with Crippen molar-refractivity contribution in [1.82, 2.24) is 0 Å². The van der Waals surface area contributed by atoms with Crippen LogP contribution < -0.4 is 0 Å². The quantitative estimate of drug-likeness (QED) is 0.485. The van der Waals surface area contributed by atoms with Gasteiger partial charge in [0.2, 0.25) is 0 Å². The number of aliphatic carboxylic acids is 2. The molecule has 0 saturated carbocycles. The van der Waals surface area contributed by atoms with Gasteiger partial charge in [-0.1, -0.05) is 6.92 Å². The van der Waals surface area contributed by atoms with Gasteiger partial charge in [0.25, 0.3) is 5.41 Å². The third-order valence-electron chi connectivity index (χ3n) is 2.58. The summed E-state index contributed by atoms with van der Waals surface area (Å²) in [7, 11) is 1.72. The maximum Gasteiger partial charge on any atom is 0.335 e. The average molecular weight is 262 g/mol. The zero-order valence-corrected chi connectivity index (χ0v) is 10.1. The minimum Gasteiger partial charge on any atom is -0.481 e. The van der Waals surface area contributed by atoms with E-state index in [1.165, 1.54) is 6.92 Å². The summed E-state index contributed by atoms with van der Waals surface area (Å²) in [6, 6.07) is 0. The van der Waals surface area contributed by atoms with Crippen LogP contribution in [0.2, 0.25) is 0 Å². The number of rotatable bonds is 6. The number of carbonyl (C=O) groups is 4. The number of esters is 2. The molecule has 0 radical (unpaired) electrons. The van der Waals surface area contributed by atoms with Gasteiger partial charge in [0.05, 0.1) is 20.1 Å². The van der Waals surface area contributed by atoms with Crippen molar-refractivity contribution in [3.05, 3.63) is 0 Å². The second kappa shape index (κ2) is 5.99. The van der Waals surface area contributed by atoms with Crippen molar-refractivity contribution in [2.24, 2.45) is 11.3 Å². The molecule has 8 heteroatoms. The highest BCUT2D eigenvalue weighted by Gasteiger charge is 2.63. The molecule has 0 aliphatic carbocycles. The van der Waals surface area contributed by atoms with Crippen LogP contribution in [0.4, 0.5) is 0 Å². The van der Waals surface area contributed by atoms with Gasteiger partial charge < -0.3 is 19.7 Å². The van der Waals surface area contributed by atoms with Crippen LogP contribution in [0.15, 0.2) is 0 Å². The van der Waals surface area contributed by atoms with E-state index in [0.717, 1.165) is 14.2 Å². The summed E-state index contributed by atoms with van der Waals surface area (Å²) in [5.41, 5.74) is -2.90. The van der Waals surface area contributed by atoms with Crippen LogP contribution in [-0.2, 0) is 28.7 Å². The molecule has 0 fully saturated rings. The lowest BCUT2D eigenvalue weighted by Crippen LogP contribution is -2.55. The summed E-state index contributed by atoms with van der Waals surface area (Å²) in [6.07, 6.45) is -0.258. The number of carbonyl (C=O) groups excluding carboxylic acids is 2. The molecule has 1 unspecified atom stereocenters. The fraction of sp³-hybridized carbons (Fsp3) is 0.600. The summed E-state index contributed by atoms with van der Waals surface area (Å²) in [5, 5.41) is 18.1. The Bertz CT molecular complexity index is 356. The van der Waals surface area contributed by atoms with Crippen molar-refractivity contribution < 1.29 is 38.9 Å². The first-order valence-electron chi connectivity index (χ1n) is 4.93. The van der Waals surface area contributed by atoms with Crippen LogP contribution in [0.25, 0.3) is 0 Å². The largest absolute Gasteiger partial charge is 0.481 e. The Morgan fingerprint density at radius 2 is 1.44 bits per heavy atom. The average Bonchev–Trinajstić information content (AvgIpc) is 2.32. The molecule has 0 bridgehead atoms. The van der Waals surface area contributed by atoms with Gasteiger partial charge in [-0.25, -0.2) is 0 Å². The topological polar surface area (TPSA) is 127 Å². The fourth-order valence-corrected chi connectivity index (χ4v) is 1.68. The highest BCUT2D eigenvalue weighted by molar-refractivity contribution is 6.19. The monoisotopic (exact) mass is 262 g/mol. The van der Waals surface area contributed by atoms with Crippen LogP contribution >= 0.6 is 0 Å². The van der Waals surface area contributed by atoms with Crippen LogP contribution in [0, 0.1) is 11.3 Å². The van der Waals surface area contributed by atoms with Gasteiger partial charge in [0, 0.05) is 0 Å². The Kier molecular flexibility index (Phi) is 5.28. The Morgan fingerprint density at radius 1 is 1.06 bits per heavy atom. The van der Waals surface area contributed by atoms with E-state index in [0.29, 0.717) is 0 Å². The van der Waals surface area contributed by atoms with Gasteiger partial charge in [-0.3, -0.25) is 19.2 Å². The molecule has 0 saturated heterocycles. The number of hydrogen-bond acceptors (Lipinski definition) is 6. The second-order valence-electron chi connectivity index (χ2n) is 3.40. The van der Waals surface area contributed by atoms with Crippen molar-refractivity contribution in [2.75, 3.05) is 14.2 Å². The number of hydrogen-bond donors (Lipinski definition) is 2. The minimum absolute atomic E-state index is 0.258. The zero-order valence-electron chi connectivity index (χ0n) is 10.1. The molecule has 2 N–H and O–H groups in total. The fourth-order valence-electron chi connectivity index (χ4n) is 1.68. The Hall–Kier alpha value is -2.12. The number of ether oxygens (including phenoxy) is 2. The molecule has 0 rings (SSSR count). The molecule has 8 nitrogen and oxygen atoms in total. The van der Waals surface area contributed by atoms with Gasteiger partial charge in [0.1, 0.15) is 0 Å². The molecule has 102 valence electrons. The van der Waals surface area contributed by atoms with Crippen LogP contribution in [0.3, 0.4) is 0 Å². The molecular formula is C10H14O8. The Labute approximate surface area is 102 Å². The lowest BCUT2D eigenvalue weighted by atomic mass is 9.73. The molecule has 1 atom stereocenters. The first-order valence-corrected chi connectivity index (χ1v) is 4.93. The molecular weight excluding hydrogens is 248 g/mol. The van der Waals surface area contributed by atoms with E-state index in [9.17, 15) is 19.2 Å². The highest BCUT2D eigenvalue weighted by Crippen LogP contribution is 2.34. The van der Waals surface area contributed by atoms with Crippen molar-refractivity contribution >= 4 is 23.9 Å². The molecule has 0 aromatic carbocycles. The number of methoxy groups -OCH3 is 2. The number of carboxylic acids is 2. The van der Waals surface area contributed by atoms with E-state index in [2.05, 4.69) is 9.47 Å². The van der Waals surface area contributed by atoms with E-state index in [4.69, 9.17) is 10.2 Å². The second-order valence-corrected chi connectivity index (χ2v) is 3.40. The molecule has 0 heterocycles. The number of carboxylic acid groups (broad SMARTS) is 2. The summed E-state index contributed by atoms with van der Waals surface area (Å²) >= 11 is 0. The summed E-state index contributed by atoms with van der Waals surface area (Å²) in [4.78, 5) is 45.5. The Morgan fingerprint density at radius 3 is 1.61 bits per heavy atom. The van der Waals surface area contributed by atoms with Crippen molar-refractivity contribution in [3.8, 4) is 0 Å². The van der Waals surface area contributed by atoms with E-state index < -0.39 is 35.2 Å². The summed E-state index contributed by atoms with van der Waals surface area (Å²) < 4.78 is 8.50. The van der Waals surface area contributed by atoms with Gasteiger partial charge in [-0.2, -0.15) is 0 Å². The standard InChI is InChI=1S/C10H14O8/c1-4-5(6(11)12)10(7(13)14,8(15)17-2)9(16)18-3/h5H,4H2,1-3H3,(H,11,12)(H,13,14). The van der Waals surface area contributed by atoms with Gasteiger partial charge in [-0.15, -0.1) is 0 Å². The molecule has 0 aliphatic heterocycles. The summed E-state index contributed by atoms with van der Waals surface area (Å²) in [5.74, 6) is -8.26. The normalized spacial score (nSPS) is 12.4. The first kappa shape index (κ1) is 15.9. The predicted molar refractivity (Wildman–Crippen MR) is 55.5 cm³/mol. The predicted octanol–water partition coefficient (Wildman–Crippen LogP) is -0.486. The van der Waals surface area contributed by atoms with Crippen molar-refractivity contribution in [1.29, 1.82) is 0 Å². The zero-order chi connectivity index (χ0) is 14.5. The molecule has 0 amide bonds. The van der Waals surface area contributed by atoms with E-state index in [1.807, 2.05) is 0 Å². The molecule has 0 aliphatic rings. The third-order valence-corrected chi connectivity index (χ3v) is 2.58. The lowest BCUT2D eigenvalue weighted by Gasteiger charge is -2.28. The molecule has 0 aromatic heterocycles. The SMILES string of the molecule is CCC(C(=O)O)C(C(=O)O)(C(=O)OC)C(=O)OC. The highest BCUT2D eigenvalue weighted by atomic mass is 16.6. The van der Waals surface area contributed by atoms with E-state index in [1.54, 1.807) is 0 Å². The molecule has 0 aromatic rings. The van der Waals surface area contributed by atoms with Gasteiger partial charge >= 0.3 is 23.9 Å². The molecule has 0 spiro atoms. The molecule has 18 heavy (non-hydrogen) atoms. The van der Waals surface area contributed by atoms with Crippen molar-refractivity contribution in [3.63, 3.8) is 0 Å². The van der Waals surface area contributed by atoms with Gasteiger partial charge in [0.15, 0.2) is 0 Å². The van der Waals surface area contributed by atoms with Crippen LogP contribution in [0.5, 0.6) is 0 Å². The first-order chi connectivity index (χ1) is 8.30.